The fraction of sp³-hybridized carbons (Fsp3) is 0.538. The third-order valence-corrected chi connectivity index (χ3v) is 3.94. The van der Waals surface area contributed by atoms with E-state index in [0.29, 0.717) is 0 Å². The fourth-order valence-corrected chi connectivity index (χ4v) is 2.33. The van der Waals surface area contributed by atoms with Crippen molar-refractivity contribution in [1.29, 1.82) is 0 Å². The van der Waals surface area contributed by atoms with E-state index in [0.717, 1.165) is 28.1 Å². The Bertz CT molecular complexity index is 384. The second-order valence-electron chi connectivity index (χ2n) is 5.09. The smallest absolute Gasteiger partial charge is 0.0451 e. The molecule has 0 atom stereocenters. The second kappa shape index (κ2) is 4.56. The Kier molecular flexibility index (Phi) is 3.48. The third-order valence-electron chi connectivity index (χ3n) is 3.34. The minimum atomic E-state index is 0.200. The average molecular weight is 258 g/mol. The first kappa shape index (κ1) is 12.2. The van der Waals surface area contributed by atoms with Crippen molar-refractivity contribution in [3.8, 4) is 0 Å². The van der Waals surface area contributed by atoms with E-state index in [1.807, 2.05) is 18.2 Å². The van der Waals surface area contributed by atoms with Gasteiger partial charge in [-0.2, -0.15) is 0 Å². The molecule has 0 radical (unpaired) electrons. The Morgan fingerprint density at radius 2 is 2.00 bits per heavy atom. The fourth-order valence-electron chi connectivity index (χ4n) is 1.95. The molecule has 1 aliphatic carbocycles. The van der Waals surface area contributed by atoms with Gasteiger partial charge in [0.1, 0.15) is 0 Å². The summed E-state index contributed by atoms with van der Waals surface area (Å²) in [6.07, 6.45) is 2.67. The van der Waals surface area contributed by atoms with E-state index in [2.05, 4.69) is 19.2 Å². The quantitative estimate of drug-likeness (QED) is 0.850. The van der Waals surface area contributed by atoms with Crippen LogP contribution in [0.1, 0.15) is 32.3 Å². The molecular formula is C13H17Cl2N. The first-order valence-electron chi connectivity index (χ1n) is 5.68. The van der Waals surface area contributed by atoms with Gasteiger partial charge in [0, 0.05) is 22.1 Å². The van der Waals surface area contributed by atoms with Gasteiger partial charge in [-0.25, -0.2) is 0 Å². The maximum absolute atomic E-state index is 6.12. The molecule has 88 valence electrons. The Labute approximate surface area is 107 Å². The van der Waals surface area contributed by atoms with Crippen molar-refractivity contribution in [3.05, 3.63) is 33.8 Å². The lowest BCUT2D eigenvalue weighted by Crippen LogP contribution is -2.40. The standard InChI is InChI=1S/C13H17Cl2N/c1-13(2,10-3-4-10)16-8-9-7-11(14)5-6-12(9)15/h5-7,10,16H,3-4,8H2,1-2H3. The molecule has 16 heavy (non-hydrogen) atoms. The lowest BCUT2D eigenvalue weighted by molar-refractivity contribution is 0.339. The molecule has 0 unspecified atom stereocenters. The number of hydrogen-bond donors (Lipinski definition) is 1. The maximum atomic E-state index is 6.12. The van der Waals surface area contributed by atoms with Crippen LogP contribution in [0.3, 0.4) is 0 Å². The van der Waals surface area contributed by atoms with Crippen molar-refractivity contribution in [2.24, 2.45) is 5.92 Å². The maximum Gasteiger partial charge on any atom is 0.0451 e. The van der Waals surface area contributed by atoms with Crippen molar-refractivity contribution in [3.63, 3.8) is 0 Å². The normalized spacial score (nSPS) is 16.5. The van der Waals surface area contributed by atoms with E-state index in [4.69, 9.17) is 23.2 Å². The van der Waals surface area contributed by atoms with Gasteiger partial charge in [-0.05, 0) is 56.4 Å². The predicted molar refractivity (Wildman–Crippen MR) is 70.1 cm³/mol. The van der Waals surface area contributed by atoms with Crippen LogP contribution in [0, 0.1) is 5.92 Å². The highest BCUT2D eigenvalue weighted by atomic mass is 35.5. The van der Waals surface area contributed by atoms with Gasteiger partial charge in [0.2, 0.25) is 0 Å². The highest BCUT2D eigenvalue weighted by Crippen LogP contribution is 2.39. The molecule has 0 bridgehead atoms. The van der Waals surface area contributed by atoms with Crippen LogP contribution >= 0.6 is 23.2 Å². The molecule has 0 spiro atoms. The monoisotopic (exact) mass is 257 g/mol. The van der Waals surface area contributed by atoms with E-state index in [1.54, 1.807) is 0 Å². The molecule has 0 saturated heterocycles. The number of rotatable bonds is 4. The molecule has 0 aliphatic heterocycles. The molecule has 1 N–H and O–H groups in total. The van der Waals surface area contributed by atoms with Crippen LogP contribution in [0.2, 0.25) is 10.0 Å². The zero-order valence-corrected chi connectivity index (χ0v) is 11.2. The summed E-state index contributed by atoms with van der Waals surface area (Å²) >= 11 is 12.1. The first-order chi connectivity index (χ1) is 7.49. The Hall–Kier alpha value is -0.240. The second-order valence-corrected chi connectivity index (χ2v) is 5.93. The molecule has 0 aromatic heterocycles. The van der Waals surface area contributed by atoms with Crippen molar-refractivity contribution in [2.45, 2.75) is 38.8 Å². The van der Waals surface area contributed by atoms with E-state index >= 15 is 0 Å². The van der Waals surface area contributed by atoms with Crippen molar-refractivity contribution in [2.75, 3.05) is 0 Å². The molecule has 1 saturated carbocycles. The molecule has 0 amide bonds. The first-order valence-corrected chi connectivity index (χ1v) is 6.43. The number of halogens is 2. The molecular weight excluding hydrogens is 241 g/mol. The molecule has 1 aromatic rings. The van der Waals surface area contributed by atoms with Crippen LogP contribution in [-0.4, -0.2) is 5.54 Å². The lowest BCUT2D eigenvalue weighted by atomic mass is 9.98. The SMILES string of the molecule is CC(C)(NCc1cc(Cl)ccc1Cl)C1CC1. The summed E-state index contributed by atoms with van der Waals surface area (Å²) in [4.78, 5) is 0. The van der Waals surface area contributed by atoms with Gasteiger partial charge in [-0.15, -0.1) is 0 Å². The molecule has 1 aliphatic rings. The Balaban J connectivity index is 2.01. The van der Waals surface area contributed by atoms with Crippen LogP contribution in [0.5, 0.6) is 0 Å². The van der Waals surface area contributed by atoms with Crippen LogP contribution < -0.4 is 5.32 Å². The predicted octanol–water partition coefficient (Wildman–Crippen LogP) is 4.27. The zero-order chi connectivity index (χ0) is 11.8. The number of benzene rings is 1. The van der Waals surface area contributed by atoms with Gasteiger partial charge in [0.05, 0.1) is 0 Å². The van der Waals surface area contributed by atoms with E-state index < -0.39 is 0 Å². The van der Waals surface area contributed by atoms with Gasteiger partial charge < -0.3 is 5.32 Å². The molecule has 1 nitrogen and oxygen atoms in total. The molecule has 2 rings (SSSR count). The number of hydrogen-bond acceptors (Lipinski definition) is 1. The lowest BCUT2D eigenvalue weighted by Gasteiger charge is -2.26. The van der Waals surface area contributed by atoms with Crippen LogP contribution in [-0.2, 0) is 6.54 Å². The summed E-state index contributed by atoms with van der Waals surface area (Å²) in [6.45, 7) is 5.29. The van der Waals surface area contributed by atoms with Gasteiger partial charge in [-0.3, -0.25) is 0 Å². The molecule has 3 heteroatoms. The summed E-state index contributed by atoms with van der Waals surface area (Å²) in [7, 11) is 0. The van der Waals surface area contributed by atoms with E-state index in [1.165, 1.54) is 12.8 Å². The van der Waals surface area contributed by atoms with Crippen LogP contribution in [0.15, 0.2) is 18.2 Å². The van der Waals surface area contributed by atoms with E-state index in [9.17, 15) is 0 Å². The number of nitrogens with one attached hydrogen (secondary N) is 1. The topological polar surface area (TPSA) is 12.0 Å². The summed E-state index contributed by atoms with van der Waals surface area (Å²) < 4.78 is 0. The third kappa shape index (κ3) is 2.91. The van der Waals surface area contributed by atoms with Crippen molar-refractivity contribution < 1.29 is 0 Å². The molecule has 1 aromatic carbocycles. The van der Waals surface area contributed by atoms with Crippen LogP contribution in [0.25, 0.3) is 0 Å². The van der Waals surface area contributed by atoms with Gasteiger partial charge in [0.25, 0.3) is 0 Å². The summed E-state index contributed by atoms with van der Waals surface area (Å²) in [5.41, 5.74) is 1.27. The van der Waals surface area contributed by atoms with Crippen molar-refractivity contribution in [1.82, 2.24) is 5.32 Å². The Morgan fingerprint density at radius 1 is 1.31 bits per heavy atom. The average Bonchev–Trinajstić information content (AvgIpc) is 3.03. The Morgan fingerprint density at radius 3 is 2.62 bits per heavy atom. The molecule has 1 fully saturated rings. The van der Waals surface area contributed by atoms with Gasteiger partial charge >= 0.3 is 0 Å². The largest absolute Gasteiger partial charge is 0.307 e. The van der Waals surface area contributed by atoms with Crippen molar-refractivity contribution >= 4 is 23.2 Å². The minimum absolute atomic E-state index is 0.200. The summed E-state index contributed by atoms with van der Waals surface area (Å²) in [5, 5.41) is 5.08. The minimum Gasteiger partial charge on any atom is -0.307 e. The highest BCUT2D eigenvalue weighted by molar-refractivity contribution is 6.33. The van der Waals surface area contributed by atoms with Gasteiger partial charge in [-0.1, -0.05) is 23.2 Å². The van der Waals surface area contributed by atoms with Crippen LogP contribution in [0.4, 0.5) is 0 Å². The molecule has 0 heterocycles. The highest BCUT2D eigenvalue weighted by Gasteiger charge is 2.37. The summed E-state index contributed by atoms with van der Waals surface area (Å²) in [6, 6.07) is 5.60. The zero-order valence-electron chi connectivity index (χ0n) is 9.69. The van der Waals surface area contributed by atoms with Gasteiger partial charge in [0.15, 0.2) is 0 Å². The van der Waals surface area contributed by atoms with E-state index in [-0.39, 0.29) is 5.54 Å². The summed E-state index contributed by atoms with van der Waals surface area (Å²) in [5.74, 6) is 0.811.